The maximum absolute atomic E-state index is 12.2. The number of aryl methyl sites for hydroxylation is 2. The van der Waals surface area contributed by atoms with Crippen molar-refractivity contribution < 1.29 is 24.6 Å². The van der Waals surface area contributed by atoms with Crippen LogP contribution in [0.4, 0.5) is 20.4 Å². The van der Waals surface area contributed by atoms with Crippen molar-refractivity contribution in [2.45, 2.75) is 85.1 Å². The third-order valence-corrected chi connectivity index (χ3v) is 6.14. The molecule has 2 aromatic rings. The van der Waals surface area contributed by atoms with E-state index in [0.29, 0.717) is 10.8 Å². The van der Waals surface area contributed by atoms with Gasteiger partial charge in [0, 0.05) is 29.1 Å². The fraction of sp³-hybridized carbons (Fsp3) is 0.520. The van der Waals surface area contributed by atoms with Crippen LogP contribution in [0, 0.1) is 0 Å². The minimum atomic E-state index is -1.23. The molecule has 0 bridgehead atoms. The molecule has 1 heterocycles. The molecular formula is C25H37N5O5S. The van der Waals surface area contributed by atoms with E-state index in [9.17, 15) is 24.6 Å². The molecule has 0 aliphatic heterocycles. The number of thiazole rings is 1. The Balaban J connectivity index is 2.15. The van der Waals surface area contributed by atoms with Gasteiger partial charge in [-0.05, 0) is 78.5 Å². The highest BCUT2D eigenvalue weighted by Gasteiger charge is 2.43. The van der Waals surface area contributed by atoms with E-state index in [1.807, 2.05) is 29.6 Å². The van der Waals surface area contributed by atoms with Gasteiger partial charge < -0.3 is 20.8 Å². The highest BCUT2D eigenvalue weighted by Crippen LogP contribution is 2.27. The summed E-state index contributed by atoms with van der Waals surface area (Å²) in [5, 5.41) is 28.3. The van der Waals surface area contributed by atoms with Gasteiger partial charge in [0.05, 0.1) is 5.69 Å². The van der Waals surface area contributed by atoms with Crippen LogP contribution in [-0.2, 0) is 17.6 Å². The van der Waals surface area contributed by atoms with E-state index in [1.54, 1.807) is 41.5 Å². The number of carbonyl (C=O) groups is 3. The Kier molecular flexibility index (Phi) is 9.31. The minimum absolute atomic E-state index is 0.144. The number of nitrogens with one attached hydrogen (secondary N) is 2. The Morgan fingerprint density at radius 3 is 1.92 bits per heavy atom. The molecule has 36 heavy (non-hydrogen) atoms. The van der Waals surface area contributed by atoms with E-state index < -0.39 is 29.6 Å². The van der Waals surface area contributed by atoms with E-state index >= 15 is 0 Å². The molecule has 0 spiro atoms. The average Bonchev–Trinajstić information content (AvgIpc) is 3.13. The third kappa shape index (κ3) is 8.11. The van der Waals surface area contributed by atoms with Gasteiger partial charge in [-0.15, -0.1) is 11.3 Å². The Morgan fingerprint density at radius 2 is 1.47 bits per heavy atom. The number of anilines is 2. The Labute approximate surface area is 216 Å². The lowest BCUT2D eigenvalue weighted by Gasteiger charge is -2.48. The molecule has 1 aromatic heterocycles. The first-order valence-electron chi connectivity index (χ1n) is 11.7. The van der Waals surface area contributed by atoms with Crippen molar-refractivity contribution in [1.82, 2.24) is 14.8 Å². The molecule has 0 unspecified atom stereocenters. The zero-order valence-electron chi connectivity index (χ0n) is 22.0. The van der Waals surface area contributed by atoms with Crippen molar-refractivity contribution in [3.63, 3.8) is 0 Å². The predicted molar refractivity (Wildman–Crippen MR) is 142 cm³/mol. The van der Waals surface area contributed by atoms with Crippen LogP contribution in [0.1, 0.15) is 66.1 Å². The van der Waals surface area contributed by atoms with Crippen molar-refractivity contribution >= 4 is 40.2 Å². The second-order valence-electron chi connectivity index (χ2n) is 10.5. The van der Waals surface area contributed by atoms with Gasteiger partial charge in [-0.25, -0.2) is 14.6 Å². The highest BCUT2D eigenvalue weighted by molar-refractivity contribution is 7.13. The summed E-state index contributed by atoms with van der Waals surface area (Å²) in [5.41, 5.74) is 0.896. The molecule has 0 aliphatic carbocycles. The Hall–Kier alpha value is -3.34. The number of hydrogen-bond acceptors (Lipinski definition) is 6. The number of nitrogens with zero attached hydrogens (tertiary/aromatic N) is 3. The number of amides is 3. The van der Waals surface area contributed by atoms with Gasteiger partial charge in [-0.2, -0.15) is 0 Å². The third-order valence-electron chi connectivity index (χ3n) is 5.33. The smallest absolute Gasteiger partial charge is 0.410 e. The van der Waals surface area contributed by atoms with Gasteiger partial charge in [-0.1, -0.05) is 12.1 Å². The normalized spacial score (nSPS) is 11.8. The maximum Gasteiger partial charge on any atom is 0.410 e. The number of aromatic nitrogens is 1. The fourth-order valence-corrected chi connectivity index (χ4v) is 4.57. The quantitative estimate of drug-likeness (QED) is 0.320. The van der Waals surface area contributed by atoms with Crippen molar-refractivity contribution in [2.75, 3.05) is 10.6 Å². The van der Waals surface area contributed by atoms with Crippen molar-refractivity contribution in [2.24, 2.45) is 0 Å². The van der Waals surface area contributed by atoms with Gasteiger partial charge >= 0.3 is 12.2 Å². The van der Waals surface area contributed by atoms with Crippen molar-refractivity contribution in [1.29, 1.82) is 0 Å². The molecule has 0 aliphatic rings. The number of carboxylic acid groups (broad SMARTS) is 2. The summed E-state index contributed by atoms with van der Waals surface area (Å²) in [4.78, 5) is 42.2. The first-order valence-corrected chi connectivity index (χ1v) is 12.6. The van der Waals surface area contributed by atoms with Gasteiger partial charge in [0.25, 0.3) is 0 Å². The molecule has 10 nitrogen and oxygen atoms in total. The van der Waals surface area contributed by atoms with Crippen molar-refractivity contribution in [3.05, 3.63) is 40.9 Å². The minimum Gasteiger partial charge on any atom is -0.465 e. The van der Waals surface area contributed by atoms with E-state index in [0.717, 1.165) is 40.3 Å². The van der Waals surface area contributed by atoms with E-state index in [1.165, 1.54) is 18.3 Å². The Morgan fingerprint density at radius 1 is 0.944 bits per heavy atom. The molecule has 11 heteroatoms. The molecule has 1 aromatic carbocycles. The average molecular weight is 520 g/mol. The summed E-state index contributed by atoms with van der Waals surface area (Å²) in [6.07, 6.45) is -1.15. The second kappa shape index (κ2) is 11.6. The van der Waals surface area contributed by atoms with Crippen LogP contribution in [-0.4, -0.2) is 60.5 Å². The van der Waals surface area contributed by atoms with Crippen molar-refractivity contribution in [3.8, 4) is 0 Å². The van der Waals surface area contributed by atoms with Crippen LogP contribution in [0.3, 0.4) is 0 Å². The van der Waals surface area contributed by atoms with Crippen LogP contribution in [0.15, 0.2) is 29.6 Å². The van der Waals surface area contributed by atoms with Crippen LogP contribution in [0.2, 0.25) is 0 Å². The Bertz CT molecular complexity index is 1020. The monoisotopic (exact) mass is 519 g/mol. The van der Waals surface area contributed by atoms with Gasteiger partial charge in [0.1, 0.15) is 0 Å². The van der Waals surface area contributed by atoms with E-state index in [2.05, 4.69) is 15.6 Å². The molecule has 0 saturated carbocycles. The molecule has 198 valence electrons. The number of rotatable bonds is 9. The summed E-state index contributed by atoms with van der Waals surface area (Å²) >= 11 is 1.40. The first-order chi connectivity index (χ1) is 16.6. The summed E-state index contributed by atoms with van der Waals surface area (Å²) < 4.78 is 0. The SMILES string of the molecule is CC(=O)Nc1nc(CCCc2ccc(NC(N(C(=O)O)C(C)(C)C)N(C(=O)O)C(C)(C)C)cc2)cs1. The maximum atomic E-state index is 12.2. The molecular weight excluding hydrogens is 482 g/mol. The number of hydrogen-bond donors (Lipinski definition) is 4. The summed E-state index contributed by atoms with van der Waals surface area (Å²) in [6.45, 7) is 11.8. The lowest BCUT2D eigenvalue weighted by molar-refractivity contribution is -0.114. The molecule has 2 rings (SSSR count). The largest absolute Gasteiger partial charge is 0.465 e. The molecule has 3 amide bonds. The topological polar surface area (TPSA) is 135 Å². The van der Waals surface area contributed by atoms with E-state index in [-0.39, 0.29) is 5.91 Å². The lowest BCUT2D eigenvalue weighted by atomic mass is 10.0. The molecule has 0 atom stereocenters. The fourth-order valence-electron chi connectivity index (χ4n) is 3.78. The zero-order valence-corrected chi connectivity index (χ0v) is 22.8. The highest BCUT2D eigenvalue weighted by atomic mass is 32.1. The van der Waals surface area contributed by atoms with Crippen LogP contribution in [0.25, 0.3) is 0 Å². The lowest BCUT2D eigenvalue weighted by Crippen LogP contribution is -2.66. The van der Waals surface area contributed by atoms with Gasteiger partial charge in [0.2, 0.25) is 5.91 Å². The summed E-state index contributed by atoms with van der Waals surface area (Å²) in [7, 11) is 0. The molecule has 0 saturated heterocycles. The summed E-state index contributed by atoms with van der Waals surface area (Å²) in [5.74, 6) is -0.144. The predicted octanol–water partition coefficient (Wildman–Crippen LogP) is 5.53. The standard InChI is InChI=1S/C25H37N5O5S/c1-16(31)26-20-27-19(15-36-20)10-8-9-17-11-13-18(14-12-17)28-21(29(22(32)33)24(2,3)4)30(23(34)35)25(5,6)7/h11-15,21,28H,8-10H2,1-7H3,(H,32,33)(H,34,35)(H,26,27,31). The first kappa shape index (κ1) is 28.9. The zero-order chi connectivity index (χ0) is 27.3. The molecule has 0 fully saturated rings. The molecule has 4 N–H and O–H groups in total. The van der Waals surface area contributed by atoms with Crippen LogP contribution >= 0.6 is 11.3 Å². The number of carbonyl (C=O) groups excluding carboxylic acids is 1. The van der Waals surface area contributed by atoms with Crippen LogP contribution in [0.5, 0.6) is 0 Å². The molecule has 0 radical (unpaired) electrons. The van der Waals surface area contributed by atoms with E-state index in [4.69, 9.17) is 0 Å². The van der Waals surface area contributed by atoms with Gasteiger partial charge in [0.15, 0.2) is 11.4 Å². The van der Waals surface area contributed by atoms with Crippen LogP contribution < -0.4 is 10.6 Å². The second-order valence-corrected chi connectivity index (χ2v) is 11.4. The summed E-state index contributed by atoms with van der Waals surface area (Å²) in [6, 6.07) is 7.53. The van der Waals surface area contributed by atoms with Gasteiger partial charge in [-0.3, -0.25) is 14.6 Å². The number of benzene rings is 1.